The van der Waals surface area contributed by atoms with E-state index in [2.05, 4.69) is 10.2 Å². The second-order valence-corrected chi connectivity index (χ2v) is 8.39. The van der Waals surface area contributed by atoms with Gasteiger partial charge in [-0.05, 0) is 36.4 Å². The maximum absolute atomic E-state index is 11.4. The second kappa shape index (κ2) is 9.57. The molecule has 10 nitrogen and oxygen atoms in total. The van der Waals surface area contributed by atoms with Crippen LogP contribution in [0.1, 0.15) is 16.9 Å². The van der Waals surface area contributed by atoms with E-state index in [0.717, 1.165) is 17.1 Å². The Morgan fingerprint density at radius 2 is 2.06 bits per heavy atom. The van der Waals surface area contributed by atoms with Crippen LogP contribution in [0.4, 0.5) is 5.69 Å². The van der Waals surface area contributed by atoms with Gasteiger partial charge >= 0.3 is 0 Å². The summed E-state index contributed by atoms with van der Waals surface area (Å²) >= 11 is 1.42. The number of ether oxygens (including phenoxy) is 3. The molecule has 2 aromatic heterocycles. The topological polar surface area (TPSA) is 115 Å². The summed E-state index contributed by atoms with van der Waals surface area (Å²) in [5, 5.41) is 20.9. The van der Waals surface area contributed by atoms with E-state index in [-0.39, 0.29) is 19.1 Å². The van der Waals surface area contributed by atoms with Crippen molar-refractivity contribution in [2.75, 3.05) is 13.9 Å². The minimum atomic E-state index is -0.412. The van der Waals surface area contributed by atoms with Gasteiger partial charge < -0.3 is 18.6 Å². The molecule has 34 heavy (non-hydrogen) atoms. The lowest BCUT2D eigenvalue weighted by atomic mass is 10.1. The van der Waals surface area contributed by atoms with Crippen LogP contribution in [-0.4, -0.2) is 33.6 Å². The molecule has 0 aliphatic carbocycles. The van der Waals surface area contributed by atoms with Crippen LogP contribution in [0.2, 0.25) is 0 Å². The number of thioether (sulfide) groups is 1. The lowest BCUT2D eigenvalue weighted by Gasteiger charge is -2.20. The molecular weight excluding hydrogens is 460 g/mol. The molecule has 1 aliphatic rings. The normalized spacial score (nSPS) is 12.7. The smallest absolute Gasteiger partial charge is 0.270 e. The third-order valence-corrected chi connectivity index (χ3v) is 6.31. The number of nitro groups is 1. The molecule has 0 fully saturated rings. The Bertz CT molecular complexity index is 1300. The van der Waals surface area contributed by atoms with Gasteiger partial charge in [0.2, 0.25) is 0 Å². The highest BCUT2D eigenvalue weighted by Crippen LogP contribution is 2.37. The Hall–Kier alpha value is -3.83. The fourth-order valence-electron chi connectivity index (χ4n) is 3.69. The first-order valence-electron chi connectivity index (χ1n) is 10.4. The van der Waals surface area contributed by atoms with E-state index in [4.69, 9.17) is 18.6 Å². The number of aromatic nitrogens is 3. The molecule has 0 N–H and O–H groups in total. The zero-order valence-electron chi connectivity index (χ0n) is 18.2. The molecule has 3 heterocycles. The molecule has 0 amide bonds. The van der Waals surface area contributed by atoms with Crippen LogP contribution in [0, 0.1) is 10.1 Å². The number of rotatable bonds is 8. The third-order valence-electron chi connectivity index (χ3n) is 5.30. The summed E-state index contributed by atoms with van der Waals surface area (Å²) in [6.07, 6.45) is 1.62. The number of furan rings is 1. The number of fused-ring (bicyclic) bond motifs is 1. The van der Waals surface area contributed by atoms with Gasteiger partial charge in [-0.15, -0.1) is 10.2 Å². The molecule has 174 valence electrons. The average molecular weight is 481 g/mol. The van der Waals surface area contributed by atoms with Gasteiger partial charge in [-0.3, -0.25) is 14.7 Å². The standard InChI is InChI=1S/C23H20N4O6S/c1-30-19-6-4-15(5-7-19)22-24-25-23(26(22)11-20-3-2-8-32-20)34-13-17-10-18(27(28)29)9-16-12-31-14-33-21(16)17/h2-10H,11-14H2,1H3. The highest BCUT2D eigenvalue weighted by Gasteiger charge is 2.22. The summed E-state index contributed by atoms with van der Waals surface area (Å²) in [6, 6.07) is 14.3. The van der Waals surface area contributed by atoms with Crippen LogP contribution < -0.4 is 9.47 Å². The van der Waals surface area contributed by atoms with Crippen molar-refractivity contribution < 1.29 is 23.6 Å². The summed E-state index contributed by atoms with van der Waals surface area (Å²) in [6.45, 7) is 0.810. The van der Waals surface area contributed by atoms with E-state index in [0.29, 0.717) is 40.2 Å². The van der Waals surface area contributed by atoms with E-state index in [1.54, 1.807) is 13.4 Å². The minimum absolute atomic E-state index is 0.000533. The molecule has 0 unspecified atom stereocenters. The number of non-ortho nitro benzene ring substituents is 1. The molecule has 4 aromatic rings. The first-order chi connectivity index (χ1) is 16.6. The van der Waals surface area contributed by atoms with E-state index in [9.17, 15) is 10.1 Å². The Morgan fingerprint density at radius 1 is 1.21 bits per heavy atom. The predicted octanol–water partition coefficient (Wildman–Crippen LogP) is 4.66. The van der Waals surface area contributed by atoms with Crippen LogP contribution >= 0.6 is 11.8 Å². The number of benzene rings is 2. The van der Waals surface area contributed by atoms with E-state index >= 15 is 0 Å². The van der Waals surface area contributed by atoms with Crippen LogP contribution in [0.25, 0.3) is 11.4 Å². The summed E-state index contributed by atoms with van der Waals surface area (Å²) in [7, 11) is 1.62. The van der Waals surface area contributed by atoms with Crippen molar-refractivity contribution >= 4 is 17.4 Å². The van der Waals surface area contributed by atoms with Gasteiger partial charge in [-0.1, -0.05) is 11.8 Å². The van der Waals surface area contributed by atoms with E-state index in [1.165, 1.54) is 23.9 Å². The summed E-state index contributed by atoms with van der Waals surface area (Å²) in [5.41, 5.74) is 2.24. The largest absolute Gasteiger partial charge is 0.497 e. The van der Waals surface area contributed by atoms with Crippen molar-refractivity contribution in [2.45, 2.75) is 24.1 Å². The van der Waals surface area contributed by atoms with Gasteiger partial charge in [-0.2, -0.15) is 0 Å². The van der Waals surface area contributed by atoms with Gasteiger partial charge in [0.1, 0.15) is 17.3 Å². The Morgan fingerprint density at radius 3 is 2.79 bits per heavy atom. The van der Waals surface area contributed by atoms with E-state index < -0.39 is 4.92 Å². The number of hydrogen-bond acceptors (Lipinski definition) is 9. The zero-order valence-corrected chi connectivity index (χ0v) is 19.0. The monoisotopic (exact) mass is 480 g/mol. The summed E-state index contributed by atoms with van der Waals surface area (Å²) < 4.78 is 23.7. The molecule has 0 bridgehead atoms. The molecule has 5 rings (SSSR count). The van der Waals surface area contributed by atoms with Crippen molar-refractivity contribution in [3.8, 4) is 22.9 Å². The Kier molecular flexibility index (Phi) is 6.19. The lowest BCUT2D eigenvalue weighted by molar-refractivity contribution is -0.385. The lowest BCUT2D eigenvalue weighted by Crippen LogP contribution is -2.13. The quantitative estimate of drug-likeness (QED) is 0.202. The molecule has 0 radical (unpaired) electrons. The van der Waals surface area contributed by atoms with Gasteiger partial charge in [0.15, 0.2) is 17.8 Å². The highest BCUT2D eigenvalue weighted by atomic mass is 32.2. The Balaban J connectivity index is 1.47. The van der Waals surface area contributed by atoms with Gasteiger partial charge in [-0.25, -0.2) is 0 Å². The van der Waals surface area contributed by atoms with Gasteiger partial charge in [0.25, 0.3) is 5.69 Å². The molecule has 0 atom stereocenters. The fourth-order valence-corrected chi connectivity index (χ4v) is 4.59. The summed E-state index contributed by atoms with van der Waals surface area (Å²) in [5.74, 6) is 3.20. The first-order valence-corrected chi connectivity index (χ1v) is 11.3. The van der Waals surface area contributed by atoms with Crippen molar-refractivity contribution in [1.82, 2.24) is 14.8 Å². The number of nitrogens with zero attached hydrogens (tertiary/aromatic N) is 4. The molecule has 0 saturated heterocycles. The fraction of sp³-hybridized carbons (Fsp3) is 0.217. The minimum Gasteiger partial charge on any atom is -0.497 e. The molecule has 0 spiro atoms. The van der Waals surface area contributed by atoms with Crippen molar-refractivity contribution in [3.63, 3.8) is 0 Å². The summed E-state index contributed by atoms with van der Waals surface area (Å²) in [4.78, 5) is 11.0. The van der Waals surface area contributed by atoms with Gasteiger partial charge in [0, 0.05) is 34.6 Å². The van der Waals surface area contributed by atoms with Crippen molar-refractivity contribution in [1.29, 1.82) is 0 Å². The van der Waals surface area contributed by atoms with Crippen LogP contribution in [0.3, 0.4) is 0 Å². The number of hydrogen-bond donors (Lipinski definition) is 0. The van der Waals surface area contributed by atoms with Crippen LogP contribution in [0.5, 0.6) is 11.5 Å². The maximum Gasteiger partial charge on any atom is 0.270 e. The van der Waals surface area contributed by atoms with Crippen LogP contribution in [0.15, 0.2) is 64.4 Å². The second-order valence-electron chi connectivity index (χ2n) is 7.45. The predicted molar refractivity (Wildman–Crippen MR) is 123 cm³/mol. The van der Waals surface area contributed by atoms with Gasteiger partial charge in [0.05, 0.1) is 31.4 Å². The van der Waals surface area contributed by atoms with Crippen molar-refractivity contribution in [3.05, 3.63) is 81.8 Å². The highest BCUT2D eigenvalue weighted by molar-refractivity contribution is 7.98. The SMILES string of the molecule is COc1ccc(-c2nnc(SCc3cc([N+](=O)[O-])cc4c3OCOC4)n2Cc2ccco2)cc1. The zero-order chi connectivity index (χ0) is 23.5. The maximum atomic E-state index is 11.4. The molecule has 11 heteroatoms. The average Bonchev–Trinajstić information content (AvgIpc) is 3.53. The van der Waals surface area contributed by atoms with Crippen LogP contribution in [-0.2, 0) is 23.6 Å². The third kappa shape index (κ3) is 4.47. The first kappa shape index (κ1) is 22.0. The van der Waals surface area contributed by atoms with Crippen molar-refractivity contribution in [2.24, 2.45) is 0 Å². The number of methoxy groups -OCH3 is 1. The molecular formula is C23H20N4O6S. The number of nitro benzene ring substituents is 1. The molecule has 0 saturated carbocycles. The molecule has 2 aromatic carbocycles. The van der Waals surface area contributed by atoms with E-state index in [1.807, 2.05) is 41.0 Å². The Labute approximate surface area is 198 Å². The molecule has 1 aliphatic heterocycles.